The summed E-state index contributed by atoms with van der Waals surface area (Å²) in [6, 6.07) is 1.67. The highest BCUT2D eigenvalue weighted by atomic mass is 79.9. The Balaban J connectivity index is 1.92. The van der Waals surface area contributed by atoms with Crippen molar-refractivity contribution in [2.24, 2.45) is 5.73 Å². The highest BCUT2D eigenvalue weighted by Gasteiger charge is 2.26. The number of carbonyl (C=O) groups is 2. The quantitative estimate of drug-likeness (QED) is 0.876. The number of halogens is 1. The summed E-state index contributed by atoms with van der Waals surface area (Å²) in [5, 5.41) is 3.32. The SMILES string of the molecule is NC(=O)c1c(NC(=O)c2cncc(Br)c2)sc2c1CCC2. The number of rotatable bonds is 3. The van der Waals surface area contributed by atoms with Crippen LogP contribution in [0.2, 0.25) is 0 Å². The molecule has 2 aromatic rings. The lowest BCUT2D eigenvalue weighted by atomic mass is 10.1. The molecule has 3 N–H and O–H groups in total. The van der Waals surface area contributed by atoms with E-state index in [2.05, 4.69) is 26.2 Å². The smallest absolute Gasteiger partial charge is 0.257 e. The van der Waals surface area contributed by atoms with Crippen LogP contribution in [-0.4, -0.2) is 16.8 Å². The van der Waals surface area contributed by atoms with Crippen LogP contribution in [-0.2, 0) is 12.8 Å². The molecule has 0 unspecified atom stereocenters. The van der Waals surface area contributed by atoms with Gasteiger partial charge in [-0.25, -0.2) is 0 Å². The van der Waals surface area contributed by atoms with E-state index in [0.717, 1.165) is 34.2 Å². The maximum atomic E-state index is 12.3. The molecule has 1 aliphatic carbocycles. The number of thiophene rings is 1. The molecule has 5 nitrogen and oxygen atoms in total. The Bertz CT molecular complexity index is 742. The van der Waals surface area contributed by atoms with Gasteiger partial charge in [0, 0.05) is 21.7 Å². The molecule has 0 saturated heterocycles. The first-order valence-corrected chi connectivity index (χ1v) is 8.03. The van der Waals surface area contributed by atoms with Gasteiger partial charge in [-0.2, -0.15) is 0 Å². The van der Waals surface area contributed by atoms with E-state index >= 15 is 0 Å². The standard InChI is InChI=1S/C14H12BrN3O2S/c15-8-4-7(5-17-6-8)13(20)18-14-11(12(16)19)9-2-1-3-10(9)21-14/h4-6H,1-3H2,(H2,16,19)(H,18,20). The van der Waals surface area contributed by atoms with Crippen LogP contribution in [0.4, 0.5) is 5.00 Å². The van der Waals surface area contributed by atoms with Gasteiger partial charge in [0.2, 0.25) is 0 Å². The minimum absolute atomic E-state index is 0.300. The highest BCUT2D eigenvalue weighted by Crippen LogP contribution is 2.39. The molecule has 21 heavy (non-hydrogen) atoms. The molecule has 0 saturated carbocycles. The van der Waals surface area contributed by atoms with E-state index < -0.39 is 5.91 Å². The molecule has 0 aromatic carbocycles. The number of nitrogens with one attached hydrogen (secondary N) is 1. The molecule has 0 bridgehead atoms. The van der Waals surface area contributed by atoms with E-state index in [1.165, 1.54) is 17.5 Å². The molecule has 2 amide bonds. The average molecular weight is 366 g/mol. The Labute approximate surface area is 133 Å². The predicted octanol–water partition coefficient (Wildman–Crippen LogP) is 2.75. The van der Waals surface area contributed by atoms with Crippen molar-refractivity contribution in [3.63, 3.8) is 0 Å². The van der Waals surface area contributed by atoms with Crippen LogP contribution < -0.4 is 11.1 Å². The lowest BCUT2D eigenvalue weighted by Gasteiger charge is -2.06. The fourth-order valence-corrected chi connectivity index (χ4v) is 4.12. The fraction of sp³-hybridized carbons (Fsp3) is 0.214. The number of carbonyl (C=O) groups excluding carboxylic acids is 2. The maximum Gasteiger partial charge on any atom is 0.257 e. The minimum atomic E-state index is -0.489. The molecular formula is C14H12BrN3O2S. The molecule has 0 aliphatic heterocycles. The molecule has 2 aromatic heterocycles. The Hall–Kier alpha value is -1.73. The van der Waals surface area contributed by atoms with Crippen LogP contribution in [0, 0.1) is 0 Å². The molecular weight excluding hydrogens is 354 g/mol. The van der Waals surface area contributed by atoms with Gasteiger partial charge in [0.1, 0.15) is 5.00 Å². The summed E-state index contributed by atoms with van der Waals surface area (Å²) in [4.78, 5) is 29.0. The summed E-state index contributed by atoms with van der Waals surface area (Å²) in [6.07, 6.45) is 5.90. The van der Waals surface area contributed by atoms with E-state index in [-0.39, 0.29) is 5.91 Å². The first-order valence-electron chi connectivity index (χ1n) is 6.42. The average Bonchev–Trinajstić information content (AvgIpc) is 2.98. The zero-order valence-corrected chi connectivity index (χ0v) is 13.4. The molecule has 1 aliphatic rings. The molecule has 0 atom stereocenters. The zero-order valence-electron chi connectivity index (χ0n) is 11.0. The van der Waals surface area contributed by atoms with Crippen LogP contribution >= 0.6 is 27.3 Å². The second kappa shape index (κ2) is 5.57. The second-order valence-electron chi connectivity index (χ2n) is 4.77. The van der Waals surface area contributed by atoms with E-state index in [1.807, 2.05) is 0 Å². The lowest BCUT2D eigenvalue weighted by molar-refractivity contribution is 0.100. The van der Waals surface area contributed by atoms with Crippen molar-refractivity contribution in [1.82, 2.24) is 4.98 Å². The van der Waals surface area contributed by atoms with Crippen molar-refractivity contribution in [3.8, 4) is 0 Å². The highest BCUT2D eigenvalue weighted by molar-refractivity contribution is 9.10. The second-order valence-corrected chi connectivity index (χ2v) is 6.79. The Morgan fingerprint density at radius 2 is 2.14 bits per heavy atom. The third kappa shape index (κ3) is 2.71. The van der Waals surface area contributed by atoms with Gasteiger partial charge in [0.15, 0.2) is 0 Å². The summed E-state index contributed by atoms with van der Waals surface area (Å²) < 4.78 is 0.721. The van der Waals surface area contributed by atoms with Crippen LogP contribution in [0.25, 0.3) is 0 Å². The first-order chi connectivity index (χ1) is 10.1. The van der Waals surface area contributed by atoms with Crippen molar-refractivity contribution >= 4 is 44.1 Å². The third-order valence-electron chi connectivity index (χ3n) is 3.36. The molecule has 0 radical (unpaired) electrons. The number of nitrogens with zero attached hydrogens (tertiary/aromatic N) is 1. The molecule has 108 valence electrons. The Morgan fingerprint density at radius 1 is 1.33 bits per heavy atom. The van der Waals surface area contributed by atoms with Crippen molar-refractivity contribution in [3.05, 3.63) is 44.5 Å². The summed E-state index contributed by atoms with van der Waals surface area (Å²) in [6.45, 7) is 0. The van der Waals surface area contributed by atoms with E-state index in [4.69, 9.17) is 5.73 Å². The van der Waals surface area contributed by atoms with Gasteiger partial charge >= 0.3 is 0 Å². The van der Waals surface area contributed by atoms with Gasteiger partial charge < -0.3 is 11.1 Å². The molecule has 7 heteroatoms. The summed E-state index contributed by atoms with van der Waals surface area (Å²) in [7, 11) is 0. The van der Waals surface area contributed by atoms with Crippen molar-refractivity contribution in [2.45, 2.75) is 19.3 Å². The van der Waals surface area contributed by atoms with Crippen LogP contribution in [0.15, 0.2) is 22.9 Å². The molecule has 0 spiro atoms. The van der Waals surface area contributed by atoms with Crippen LogP contribution in [0.5, 0.6) is 0 Å². The van der Waals surface area contributed by atoms with Crippen LogP contribution in [0.3, 0.4) is 0 Å². The van der Waals surface area contributed by atoms with E-state index in [1.54, 1.807) is 12.3 Å². The largest absolute Gasteiger partial charge is 0.365 e. The zero-order chi connectivity index (χ0) is 15.0. The van der Waals surface area contributed by atoms with Gasteiger partial charge in [0.05, 0.1) is 11.1 Å². The molecule has 3 rings (SSSR count). The first kappa shape index (κ1) is 14.2. The lowest BCUT2D eigenvalue weighted by Crippen LogP contribution is -2.18. The fourth-order valence-electron chi connectivity index (χ4n) is 2.46. The number of primary amides is 1. The van der Waals surface area contributed by atoms with Gasteiger partial charge in [0.25, 0.3) is 11.8 Å². The summed E-state index contributed by atoms with van der Waals surface area (Å²) >= 11 is 4.71. The third-order valence-corrected chi connectivity index (χ3v) is 5.00. The van der Waals surface area contributed by atoms with Crippen LogP contribution in [0.1, 0.15) is 37.6 Å². The van der Waals surface area contributed by atoms with Crippen molar-refractivity contribution in [2.75, 3.05) is 5.32 Å². The number of pyridine rings is 1. The van der Waals surface area contributed by atoms with Crippen molar-refractivity contribution < 1.29 is 9.59 Å². The number of aromatic nitrogens is 1. The van der Waals surface area contributed by atoms with Crippen molar-refractivity contribution in [1.29, 1.82) is 0 Å². The topological polar surface area (TPSA) is 85.1 Å². The number of amides is 2. The van der Waals surface area contributed by atoms with Gasteiger partial charge in [-0.1, -0.05) is 0 Å². The number of anilines is 1. The number of aryl methyl sites for hydroxylation is 1. The predicted molar refractivity (Wildman–Crippen MR) is 84.8 cm³/mol. The minimum Gasteiger partial charge on any atom is -0.365 e. The molecule has 2 heterocycles. The number of hydrogen-bond donors (Lipinski definition) is 2. The van der Waals surface area contributed by atoms with Gasteiger partial charge in [-0.3, -0.25) is 14.6 Å². The van der Waals surface area contributed by atoms with E-state index in [9.17, 15) is 9.59 Å². The monoisotopic (exact) mass is 365 g/mol. The van der Waals surface area contributed by atoms with Gasteiger partial charge in [-0.15, -0.1) is 11.3 Å². The van der Waals surface area contributed by atoms with E-state index in [0.29, 0.717) is 16.1 Å². The number of fused-ring (bicyclic) bond motifs is 1. The summed E-state index contributed by atoms with van der Waals surface area (Å²) in [5.74, 6) is -0.789. The Kier molecular flexibility index (Phi) is 3.77. The summed E-state index contributed by atoms with van der Waals surface area (Å²) in [5.41, 5.74) is 7.35. The number of nitrogens with two attached hydrogens (primary N) is 1. The molecule has 0 fully saturated rings. The maximum absolute atomic E-state index is 12.3. The Morgan fingerprint density at radius 3 is 2.86 bits per heavy atom. The normalized spacial score (nSPS) is 13.0. The van der Waals surface area contributed by atoms with Gasteiger partial charge in [-0.05, 0) is 46.8 Å². The number of hydrogen-bond acceptors (Lipinski definition) is 4.